The third kappa shape index (κ3) is 1.73. The molecule has 5 nitrogen and oxygen atoms in total. The van der Waals surface area contributed by atoms with Gasteiger partial charge in [0.25, 0.3) is 0 Å². The summed E-state index contributed by atoms with van der Waals surface area (Å²) in [4.78, 5) is 14.1. The van der Waals surface area contributed by atoms with Crippen LogP contribution in [0.2, 0.25) is 0 Å². The van der Waals surface area contributed by atoms with Gasteiger partial charge < -0.3 is 15.2 Å². The van der Waals surface area contributed by atoms with Crippen molar-refractivity contribution in [3.8, 4) is 5.75 Å². The minimum absolute atomic E-state index is 0.105. The number of hydrogen-bond donors (Lipinski definition) is 3. The number of aromatic hydroxyl groups is 1. The normalized spacial score (nSPS) is 13.2. The van der Waals surface area contributed by atoms with Crippen LogP contribution in [0.15, 0.2) is 23.0 Å². The van der Waals surface area contributed by atoms with E-state index in [4.69, 9.17) is 0 Å². The molecule has 0 saturated carbocycles. The molecule has 1 heterocycles. The number of imidazole rings is 1. The van der Waals surface area contributed by atoms with Gasteiger partial charge in [-0.15, -0.1) is 0 Å². The predicted molar refractivity (Wildman–Crippen MR) is 55.9 cm³/mol. The fraction of sp³-hybridized carbons (Fsp3) is 0.300. The fourth-order valence-electron chi connectivity index (χ4n) is 1.60. The SMILES string of the molecule is CC(O)Cn1c(=O)[nH]c2cc(O)ccc21. The van der Waals surface area contributed by atoms with Crippen molar-refractivity contribution in [1.29, 1.82) is 0 Å². The molecule has 0 fully saturated rings. The number of aromatic nitrogens is 2. The minimum atomic E-state index is -0.587. The van der Waals surface area contributed by atoms with Gasteiger partial charge in [-0.1, -0.05) is 0 Å². The first kappa shape index (κ1) is 9.79. The summed E-state index contributed by atoms with van der Waals surface area (Å²) in [6.07, 6.45) is -0.587. The van der Waals surface area contributed by atoms with E-state index in [0.29, 0.717) is 11.0 Å². The highest BCUT2D eigenvalue weighted by Crippen LogP contribution is 2.16. The second-order valence-electron chi connectivity index (χ2n) is 3.59. The Hall–Kier alpha value is -1.75. The van der Waals surface area contributed by atoms with Gasteiger partial charge in [-0.3, -0.25) is 4.57 Å². The van der Waals surface area contributed by atoms with Gasteiger partial charge in [0.2, 0.25) is 0 Å². The second-order valence-corrected chi connectivity index (χ2v) is 3.59. The van der Waals surface area contributed by atoms with Gasteiger partial charge in [-0.25, -0.2) is 4.79 Å². The Morgan fingerprint density at radius 2 is 2.27 bits per heavy atom. The molecule has 2 aromatic rings. The van der Waals surface area contributed by atoms with Crippen molar-refractivity contribution in [1.82, 2.24) is 9.55 Å². The van der Waals surface area contributed by atoms with Crippen molar-refractivity contribution >= 4 is 11.0 Å². The van der Waals surface area contributed by atoms with Gasteiger partial charge in [0, 0.05) is 6.07 Å². The summed E-state index contributed by atoms with van der Waals surface area (Å²) in [7, 11) is 0. The molecule has 0 amide bonds. The van der Waals surface area contributed by atoms with E-state index in [1.807, 2.05) is 0 Å². The van der Waals surface area contributed by atoms with Crippen LogP contribution in [-0.2, 0) is 6.54 Å². The van der Waals surface area contributed by atoms with Crippen LogP contribution >= 0.6 is 0 Å². The number of nitrogens with zero attached hydrogens (tertiary/aromatic N) is 1. The maximum Gasteiger partial charge on any atom is 0.326 e. The Morgan fingerprint density at radius 1 is 1.53 bits per heavy atom. The minimum Gasteiger partial charge on any atom is -0.508 e. The average Bonchev–Trinajstić information content (AvgIpc) is 2.41. The highest BCUT2D eigenvalue weighted by molar-refractivity contribution is 5.76. The van der Waals surface area contributed by atoms with Crippen LogP contribution in [0.5, 0.6) is 5.75 Å². The van der Waals surface area contributed by atoms with Crippen molar-refractivity contribution in [2.75, 3.05) is 0 Å². The van der Waals surface area contributed by atoms with E-state index in [9.17, 15) is 15.0 Å². The molecule has 3 N–H and O–H groups in total. The summed E-state index contributed by atoms with van der Waals surface area (Å²) < 4.78 is 1.44. The van der Waals surface area contributed by atoms with Crippen molar-refractivity contribution in [2.24, 2.45) is 0 Å². The number of fused-ring (bicyclic) bond motifs is 1. The highest BCUT2D eigenvalue weighted by Gasteiger charge is 2.08. The summed E-state index contributed by atoms with van der Waals surface area (Å²) in [5.41, 5.74) is 0.968. The molecule has 0 radical (unpaired) electrons. The van der Waals surface area contributed by atoms with E-state index in [0.717, 1.165) is 0 Å². The van der Waals surface area contributed by atoms with Gasteiger partial charge in [0.15, 0.2) is 0 Å². The lowest BCUT2D eigenvalue weighted by Gasteiger charge is -2.05. The molecule has 15 heavy (non-hydrogen) atoms. The number of rotatable bonds is 2. The molecule has 0 saturated heterocycles. The molecule has 0 bridgehead atoms. The molecule has 0 spiro atoms. The average molecular weight is 208 g/mol. The molecular formula is C10H12N2O3. The molecule has 2 rings (SSSR count). The standard InChI is InChI=1S/C10H12N2O3/c1-6(13)5-12-9-3-2-7(14)4-8(9)11-10(12)15/h2-4,6,13-14H,5H2,1H3,(H,11,15). The van der Waals surface area contributed by atoms with Gasteiger partial charge in [0.1, 0.15) is 5.75 Å². The van der Waals surface area contributed by atoms with Gasteiger partial charge in [0.05, 0.1) is 23.7 Å². The molecule has 1 atom stereocenters. The summed E-state index contributed by atoms with van der Waals surface area (Å²) in [5.74, 6) is 0.105. The van der Waals surface area contributed by atoms with E-state index in [1.165, 1.54) is 16.7 Å². The topological polar surface area (TPSA) is 78.2 Å². The molecule has 1 aromatic carbocycles. The quantitative estimate of drug-likeness (QED) is 0.669. The first-order valence-electron chi connectivity index (χ1n) is 4.67. The third-order valence-electron chi connectivity index (χ3n) is 2.20. The molecule has 0 aliphatic carbocycles. The Bertz CT molecular complexity index is 539. The van der Waals surface area contributed by atoms with Crippen LogP contribution in [0.4, 0.5) is 0 Å². The van der Waals surface area contributed by atoms with E-state index >= 15 is 0 Å². The number of aliphatic hydroxyl groups excluding tert-OH is 1. The van der Waals surface area contributed by atoms with Crippen LogP contribution in [-0.4, -0.2) is 25.9 Å². The number of phenols is 1. The van der Waals surface area contributed by atoms with Gasteiger partial charge in [-0.05, 0) is 19.1 Å². The summed E-state index contributed by atoms with van der Waals surface area (Å²) in [6.45, 7) is 1.86. The predicted octanol–water partition coefficient (Wildman–Crippen LogP) is 0.416. The zero-order chi connectivity index (χ0) is 11.0. The zero-order valence-corrected chi connectivity index (χ0v) is 8.27. The largest absolute Gasteiger partial charge is 0.508 e. The lowest BCUT2D eigenvalue weighted by atomic mass is 10.3. The van der Waals surface area contributed by atoms with E-state index in [1.54, 1.807) is 13.0 Å². The van der Waals surface area contributed by atoms with E-state index < -0.39 is 6.10 Å². The Morgan fingerprint density at radius 3 is 2.93 bits per heavy atom. The number of aliphatic hydroxyl groups is 1. The van der Waals surface area contributed by atoms with Gasteiger partial charge >= 0.3 is 5.69 Å². The number of nitrogens with one attached hydrogen (secondary N) is 1. The zero-order valence-electron chi connectivity index (χ0n) is 8.27. The maximum atomic E-state index is 11.5. The lowest BCUT2D eigenvalue weighted by molar-refractivity contribution is 0.174. The van der Waals surface area contributed by atoms with Crippen LogP contribution in [0.3, 0.4) is 0 Å². The molecule has 0 aliphatic rings. The highest BCUT2D eigenvalue weighted by atomic mass is 16.3. The molecule has 1 unspecified atom stereocenters. The van der Waals surface area contributed by atoms with Crippen molar-refractivity contribution in [3.63, 3.8) is 0 Å². The van der Waals surface area contributed by atoms with Crippen LogP contribution in [0.1, 0.15) is 6.92 Å². The Balaban J connectivity index is 2.63. The summed E-state index contributed by atoms with van der Waals surface area (Å²) in [6, 6.07) is 4.63. The van der Waals surface area contributed by atoms with Crippen LogP contribution in [0.25, 0.3) is 11.0 Å². The third-order valence-corrected chi connectivity index (χ3v) is 2.20. The van der Waals surface area contributed by atoms with E-state index in [-0.39, 0.29) is 18.0 Å². The smallest absolute Gasteiger partial charge is 0.326 e. The molecule has 1 aromatic heterocycles. The molecule has 5 heteroatoms. The Labute approximate surface area is 85.6 Å². The lowest BCUT2D eigenvalue weighted by Crippen LogP contribution is -2.22. The fourth-order valence-corrected chi connectivity index (χ4v) is 1.60. The van der Waals surface area contributed by atoms with Crippen molar-refractivity contribution < 1.29 is 10.2 Å². The number of aromatic amines is 1. The summed E-state index contributed by atoms with van der Waals surface area (Å²) >= 11 is 0. The number of benzene rings is 1. The maximum absolute atomic E-state index is 11.5. The number of H-pyrrole nitrogens is 1. The van der Waals surface area contributed by atoms with Crippen molar-refractivity contribution in [3.05, 3.63) is 28.7 Å². The van der Waals surface area contributed by atoms with Crippen LogP contribution in [0, 0.1) is 0 Å². The van der Waals surface area contributed by atoms with Gasteiger partial charge in [-0.2, -0.15) is 0 Å². The second kappa shape index (κ2) is 3.43. The van der Waals surface area contributed by atoms with Crippen LogP contribution < -0.4 is 5.69 Å². The summed E-state index contributed by atoms with van der Waals surface area (Å²) in [5, 5.41) is 18.5. The first-order chi connectivity index (χ1) is 7.08. The molecule has 0 aliphatic heterocycles. The molecule has 80 valence electrons. The molecular weight excluding hydrogens is 196 g/mol. The monoisotopic (exact) mass is 208 g/mol. The van der Waals surface area contributed by atoms with Crippen molar-refractivity contribution in [2.45, 2.75) is 19.6 Å². The first-order valence-corrected chi connectivity index (χ1v) is 4.67. The number of phenolic OH excluding ortho intramolecular Hbond substituents is 1. The number of hydrogen-bond acceptors (Lipinski definition) is 3. The Kier molecular flexibility index (Phi) is 2.24. The van der Waals surface area contributed by atoms with E-state index in [2.05, 4.69) is 4.98 Å².